The highest BCUT2D eigenvalue weighted by molar-refractivity contribution is 6.29. The standard InChI is InChI=1S/C25H23N3O5.C21H19N3O3.C19H18ClN3O5.C11H11ClN2O6.C7H7ClN2O4/c1-16(29)32-23(22-13-26-12-21(27-22)18-8-4-3-5-9-18)24(33-17(2)30)25(31)28-14-19-10-6-7-11-20(19)15-28;25-19(18-11-22-10-17(23-18)14-6-2-1-3-7-14)20(26)21(27)24-12-15-8-4-5-9-16(15)13-24;1-11(24)27-17(15-7-21-8-16(20)22-15)18(28-12(2)25)19(26)23-9-13-5-3-4-6-14(13)10-23;1-5(15)19-9(7-3-13-4-8(12)14-7)10(11(17)18)20-6(2)16;8-4-2-9-1-3(10-4)5(11)6(12)7(13)14/h3-13,23-24H,14-15H2,1-2H3;1-11,19-20,25-26H,12-13H2;3-8,17-18H,9-10H2,1-2H3;3-4,9-10H,1-2H3,(H,17,18);1-2,5-6,11-12H,(H,13,14)/t23-,24+;19-,20+;17-,18+;9-,10+;5-,6+/m00000/s1. The number of nitrogens with zero attached hydrogens (tertiary/aromatic N) is 13. The van der Waals surface area contributed by atoms with Gasteiger partial charge in [0.25, 0.3) is 17.7 Å². The fraction of sp³-hybridized carbons (Fsp3) is 0.265. The number of aliphatic hydroxyl groups is 4. The third kappa shape index (κ3) is 25.9. The van der Waals surface area contributed by atoms with Gasteiger partial charge in [0.1, 0.15) is 44.7 Å². The lowest BCUT2D eigenvalue weighted by atomic mass is 10.1. The second-order valence-corrected chi connectivity index (χ2v) is 27.9. The van der Waals surface area contributed by atoms with Crippen molar-refractivity contribution in [2.75, 3.05) is 0 Å². The van der Waals surface area contributed by atoms with Gasteiger partial charge in [-0.15, -0.1) is 0 Å². The van der Waals surface area contributed by atoms with Gasteiger partial charge in [0.2, 0.25) is 18.3 Å². The summed E-state index contributed by atoms with van der Waals surface area (Å²) in [5.41, 5.74) is 9.25. The SMILES string of the molecule is CC(=O)O[C@@H](C(=O)N1Cc2ccccc2C1)[C@@H](OC(C)=O)c1cncc(-c2ccccc2)n1.CC(=O)O[C@@H](C(=O)N1Cc2ccccc2C1)[C@@H](OC(C)=O)c1cncc(Cl)n1.CC(=O)O[C@@H](C(=O)O)[C@@H](OC(C)=O)c1cncc(Cl)n1.O=C(O)[C@H](O)[C@@H](O)c1cncc(Cl)n1.O=C([C@H](O)[C@@H](O)c1cncc(-c2ccccc2)n1)N1Cc2ccccc2C1. The molecule has 5 aromatic heterocycles. The van der Waals surface area contributed by atoms with E-state index >= 15 is 0 Å². The molecule has 0 saturated carbocycles. The maximum absolute atomic E-state index is 13.5. The number of aliphatic hydroxyl groups excluding tert-OH is 4. The van der Waals surface area contributed by atoms with Crippen LogP contribution in [0.5, 0.6) is 0 Å². The minimum Gasteiger partial charge on any atom is -0.479 e. The van der Waals surface area contributed by atoms with E-state index in [-0.39, 0.29) is 43.9 Å². The van der Waals surface area contributed by atoms with Gasteiger partial charge in [-0.3, -0.25) is 68.1 Å². The first-order valence-corrected chi connectivity index (χ1v) is 37.8. The van der Waals surface area contributed by atoms with Crippen LogP contribution < -0.4 is 0 Å². The number of rotatable bonds is 23. The fourth-order valence-corrected chi connectivity index (χ4v) is 12.7. The molecule has 36 nitrogen and oxygen atoms in total. The van der Waals surface area contributed by atoms with E-state index in [2.05, 4.69) is 54.6 Å². The maximum Gasteiger partial charge on any atom is 0.349 e. The molecular weight excluding hydrogens is 1650 g/mol. The highest BCUT2D eigenvalue weighted by atomic mass is 35.5. The molecule has 6 N–H and O–H groups in total. The number of esters is 6. The Morgan fingerprint density at radius 3 is 0.869 bits per heavy atom. The molecule has 13 rings (SSSR count). The van der Waals surface area contributed by atoms with Crippen LogP contribution in [-0.4, -0.2) is 191 Å². The molecule has 10 aromatic rings. The van der Waals surface area contributed by atoms with Gasteiger partial charge in [-0.25, -0.2) is 34.5 Å². The quantitative estimate of drug-likeness (QED) is 0.0262. The van der Waals surface area contributed by atoms with E-state index in [9.17, 15) is 68.1 Å². The molecule has 8 heterocycles. The Balaban J connectivity index is 0.000000177. The summed E-state index contributed by atoms with van der Waals surface area (Å²) in [6, 6.07) is 41.8. The van der Waals surface area contributed by atoms with E-state index in [1.165, 1.54) is 80.9 Å². The van der Waals surface area contributed by atoms with Crippen molar-refractivity contribution in [1.29, 1.82) is 0 Å². The van der Waals surface area contributed by atoms with Gasteiger partial charge in [0.15, 0.2) is 30.5 Å². The lowest BCUT2D eigenvalue weighted by molar-refractivity contribution is -0.178. The predicted octanol–water partition coefficient (Wildman–Crippen LogP) is 7.87. The van der Waals surface area contributed by atoms with Crippen molar-refractivity contribution < 1.29 is 112 Å². The first-order chi connectivity index (χ1) is 58.2. The number of aromatic nitrogens is 10. The normalized spacial score (nSPS) is 14.5. The molecule has 122 heavy (non-hydrogen) atoms. The van der Waals surface area contributed by atoms with Crippen LogP contribution >= 0.6 is 34.8 Å². The number of carbonyl (C=O) groups is 11. The van der Waals surface area contributed by atoms with Crippen molar-refractivity contribution in [2.24, 2.45) is 0 Å². The van der Waals surface area contributed by atoms with Gasteiger partial charge in [0, 0.05) is 91.9 Å². The molecule has 10 atom stereocenters. The number of amides is 3. The molecular formula is C83H78Cl3N13O23. The van der Waals surface area contributed by atoms with Crippen molar-refractivity contribution in [3.05, 3.63) is 273 Å². The van der Waals surface area contributed by atoms with Gasteiger partial charge in [-0.1, -0.05) is 168 Å². The van der Waals surface area contributed by atoms with E-state index in [1.54, 1.807) is 17.3 Å². The topological polar surface area (TPSA) is 503 Å². The minimum absolute atomic E-state index is 0.0131. The average Bonchev–Trinajstić information content (AvgIpc) is 1.58. The number of aliphatic carboxylic acids is 2. The molecule has 3 aliphatic heterocycles. The molecule has 0 saturated heterocycles. The van der Waals surface area contributed by atoms with Gasteiger partial charge in [0.05, 0.1) is 84.7 Å². The monoisotopic (exact) mass is 1730 g/mol. The average molecular weight is 1730 g/mol. The summed E-state index contributed by atoms with van der Waals surface area (Å²) < 4.78 is 30.9. The zero-order valence-corrected chi connectivity index (χ0v) is 67.8. The summed E-state index contributed by atoms with van der Waals surface area (Å²) in [6.45, 7) is 9.22. The van der Waals surface area contributed by atoms with E-state index in [0.717, 1.165) is 64.6 Å². The van der Waals surface area contributed by atoms with Crippen molar-refractivity contribution in [1.82, 2.24) is 64.5 Å². The highest BCUT2D eigenvalue weighted by Crippen LogP contribution is 2.34. The van der Waals surface area contributed by atoms with Crippen molar-refractivity contribution in [2.45, 2.75) is 142 Å². The Hall–Kier alpha value is -13.6. The number of halogens is 3. The molecule has 0 bridgehead atoms. The van der Waals surface area contributed by atoms with E-state index in [0.29, 0.717) is 50.7 Å². The molecule has 0 unspecified atom stereocenters. The van der Waals surface area contributed by atoms with Crippen molar-refractivity contribution in [3.63, 3.8) is 0 Å². The summed E-state index contributed by atoms with van der Waals surface area (Å²) in [5.74, 6) is -8.81. The number of carboxylic acid groups (broad SMARTS) is 2. The zero-order valence-electron chi connectivity index (χ0n) is 65.6. The number of carboxylic acids is 2. The minimum atomic E-state index is -1.94. The first kappa shape index (κ1) is 92.3. The predicted molar refractivity (Wildman–Crippen MR) is 426 cm³/mol. The Morgan fingerprint density at radius 2 is 0.557 bits per heavy atom. The lowest BCUT2D eigenvalue weighted by Crippen LogP contribution is -2.43. The third-order valence-corrected chi connectivity index (χ3v) is 18.2. The van der Waals surface area contributed by atoms with Crippen LogP contribution in [0.3, 0.4) is 0 Å². The van der Waals surface area contributed by atoms with Gasteiger partial charge >= 0.3 is 47.8 Å². The highest BCUT2D eigenvalue weighted by Gasteiger charge is 2.44. The Bertz CT molecular complexity index is 5350. The van der Waals surface area contributed by atoms with Crippen LogP contribution in [-0.2, 0) is 120 Å². The summed E-state index contributed by atoms with van der Waals surface area (Å²) in [6.07, 6.45) is -1.88. The Morgan fingerprint density at radius 1 is 0.303 bits per heavy atom. The lowest BCUT2D eigenvalue weighted by Gasteiger charge is -2.28. The van der Waals surface area contributed by atoms with Gasteiger partial charge in [-0.2, -0.15) is 0 Å². The second-order valence-electron chi connectivity index (χ2n) is 26.7. The number of fused-ring (bicyclic) bond motifs is 3. The number of ether oxygens (including phenoxy) is 6. The van der Waals surface area contributed by atoms with Gasteiger partial charge < -0.3 is 73.8 Å². The Labute approximate surface area is 710 Å². The van der Waals surface area contributed by atoms with Crippen molar-refractivity contribution >= 4 is 100 Å². The number of benzene rings is 5. The molecule has 5 aromatic carbocycles. The molecule has 39 heteroatoms. The number of hydrogen-bond acceptors (Lipinski definition) is 31. The zero-order chi connectivity index (χ0) is 88.4. The molecule has 0 spiro atoms. The van der Waals surface area contributed by atoms with Crippen LogP contribution in [0.2, 0.25) is 15.5 Å². The van der Waals surface area contributed by atoms with E-state index < -0.39 is 127 Å². The van der Waals surface area contributed by atoms with Crippen LogP contribution in [0.15, 0.2) is 195 Å². The molecule has 0 aliphatic carbocycles. The van der Waals surface area contributed by atoms with Crippen LogP contribution in [0, 0.1) is 0 Å². The maximum atomic E-state index is 13.5. The van der Waals surface area contributed by atoms with Crippen LogP contribution in [0.25, 0.3) is 22.5 Å². The summed E-state index contributed by atoms with van der Waals surface area (Å²) in [4.78, 5) is 175. The molecule has 3 amide bonds. The Kier molecular flexibility index (Phi) is 33.2. The first-order valence-electron chi connectivity index (χ1n) is 36.7. The van der Waals surface area contributed by atoms with Gasteiger partial charge in [-0.05, 0) is 33.4 Å². The smallest absolute Gasteiger partial charge is 0.349 e. The molecule has 3 aliphatic rings. The summed E-state index contributed by atoms with van der Waals surface area (Å²) in [5, 5.41) is 56.7. The third-order valence-electron chi connectivity index (χ3n) is 17.7. The van der Waals surface area contributed by atoms with Crippen LogP contribution in [0.1, 0.15) is 134 Å². The fourth-order valence-electron chi connectivity index (χ4n) is 12.3. The summed E-state index contributed by atoms with van der Waals surface area (Å²) in [7, 11) is 0. The number of carbonyl (C=O) groups excluding carboxylic acids is 9. The number of hydrogen-bond donors (Lipinski definition) is 6. The van der Waals surface area contributed by atoms with Crippen LogP contribution in [0.4, 0.5) is 0 Å². The van der Waals surface area contributed by atoms with E-state index in [1.807, 2.05) is 133 Å². The molecule has 0 fully saturated rings. The van der Waals surface area contributed by atoms with E-state index in [4.69, 9.17) is 73.8 Å². The second kappa shape index (κ2) is 43.9. The summed E-state index contributed by atoms with van der Waals surface area (Å²) >= 11 is 17.0. The molecule has 634 valence electrons. The molecule has 0 radical (unpaired) electrons. The van der Waals surface area contributed by atoms with Crippen molar-refractivity contribution in [3.8, 4) is 22.5 Å². The largest absolute Gasteiger partial charge is 0.479 e.